The molecule has 0 bridgehead atoms. The third kappa shape index (κ3) is 6.30. The van der Waals surface area contributed by atoms with Crippen LogP contribution >= 0.6 is 10.7 Å². The van der Waals surface area contributed by atoms with E-state index in [1.54, 1.807) is 13.1 Å². The van der Waals surface area contributed by atoms with Gasteiger partial charge in [-0.05, 0) is 49.6 Å². The van der Waals surface area contributed by atoms with Crippen molar-refractivity contribution in [3.8, 4) is 0 Å². The Morgan fingerprint density at radius 3 is 2.89 bits per heavy atom. The summed E-state index contributed by atoms with van der Waals surface area (Å²) in [5, 5.41) is 5.14. The normalized spacial score (nSPS) is 23.0. The zero-order chi connectivity index (χ0) is 25.7. The molecule has 11 nitrogen and oxygen atoms in total. The number of piperidine rings is 1. The average molecular weight is 515 g/mol. The van der Waals surface area contributed by atoms with Gasteiger partial charge in [0.2, 0.25) is 11.9 Å². The van der Waals surface area contributed by atoms with E-state index in [1.165, 1.54) is 0 Å². The number of aromatic nitrogens is 3. The molecule has 4 rings (SSSR count). The number of ether oxygens (including phenoxy) is 1. The van der Waals surface area contributed by atoms with Crippen molar-refractivity contribution in [3.05, 3.63) is 36.2 Å². The van der Waals surface area contributed by atoms with Crippen molar-refractivity contribution in [2.24, 2.45) is 17.6 Å². The molecule has 1 amide bonds. The fourth-order valence-electron chi connectivity index (χ4n) is 4.28. The first kappa shape index (κ1) is 25.8. The first-order valence-corrected chi connectivity index (χ1v) is 13.5. The predicted molar refractivity (Wildman–Crippen MR) is 143 cm³/mol. The van der Waals surface area contributed by atoms with Crippen LogP contribution in [0.1, 0.15) is 45.2 Å². The molecule has 2 aromatic heterocycles. The second kappa shape index (κ2) is 11.7. The molecule has 1 saturated heterocycles. The summed E-state index contributed by atoms with van der Waals surface area (Å²) in [6.07, 6.45) is 5.17. The van der Waals surface area contributed by atoms with Crippen LogP contribution in [-0.2, 0) is 9.53 Å². The van der Waals surface area contributed by atoms with Gasteiger partial charge in [0.15, 0.2) is 0 Å². The van der Waals surface area contributed by atoms with Gasteiger partial charge in [0.25, 0.3) is 0 Å². The number of anilines is 3. The Labute approximate surface area is 213 Å². The van der Waals surface area contributed by atoms with Crippen molar-refractivity contribution in [2.75, 3.05) is 41.9 Å². The lowest BCUT2D eigenvalue weighted by Crippen LogP contribution is -2.41. The number of nitrogens with one attached hydrogen (secondary N) is 2. The number of carbonyl (C=O) groups excluding carboxylic acids is 2. The van der Waals surface area contributed by atoms with Crippen molar-refractivity contribution in [1.29, 1.82) is 0 Å². The molecule has 4 heterocycles. The van der Waals surface area contributed by atoms with Gasteiger partial charge in [0.1, 0.15) is 11.6 Å². The van der Waals surface area contributed by atoms with E-state index in [4.69, 9.17) is 20.4 Å². The highest BCUT2D eigenvalue weighted by molar-refractivity contribution is 8.25. The molecule has 36 heavy (non-hydrogen) atoms. The lowest BCUT2D eigenvalue weighted by Gasteiger charge is -2.32. The molecule has 4 N–H and O–H groups in total. The van der Waals surface area contributed by atoms with Gasteiger partial charge in [-0.1, -0.05) is 13.0 Å². The molecule has 0 aliphatic carbocycles. The van der Waals surface area contributed by atoms with E-state index in [2.05, 4.69) is 27.6 Å². The van der Waals surface area contributed by atoms with E-state index in [0.29, 0.717) is 37.3 Å². The highest BCUT2D eigenvalue weighted by Gasteiger charge is 2.29. The average Bonchev–Trinajstić information content (AvgIpc) is 3.24. The molecule has 12 heteroatoms. The van der Waals surface area contributed by atoms with Gasteiger partial charge in [0.05, 0.1) is 18.6 Å². The second-order valence-electron chi connectivity index (χ2n) is 9.06. The molecule has 194 valence electrons. The van der Waals surface area contributed by atoms with E-state index in [1.807, 2.05) is 41.1 Å². The van der Waals surface area contributed by atoms with Crippen LogP contribution in [0.15, 0.2) is 30.6 Å². The SMILES string of the molecule is CCOC(=O)S1=CC(C)CN1Nc1nc(NC(C)c2cccnc2)cc(N2CCCC(C(N)=O)C2)n1. The van der Waals surface area contributed by atoms with Gasteiger partial charge >= 0.3 is 5.30 Å². The Morgan fingerprint density at radius 2 is 2.17 bits per heavy atom. The fourth-order valence-corrected chi connectivity index (χ4v) is 6.06. The number of amides is 1. The molecule has 2 aromatic rings. The molecule has 2 aliphatic heterocycles. The number of carbonyl (C=O) groups is 2. The second-order valence-corrected chi connectivity index (χ2v) is 10.7. The number of hydrogen-bond acceptors (Lipinski definition) is 10. The first-order valence-electron chi connectivity index (χ1n) is 12.2. The first-order chi connectivity index (χ1) is 17.3. The van der Waals surface area contributed by atoms with Crippen LogP contribution in [0.5, 0.6) is 0 Å². The number of hydrogen-bond donors (Lipinski definition) is 3. The molecule has 4 unspecified atom stereocenters. The Kier molecular flexibility index (Phi) is 8.36. The maximum atomic E-state index is 12.5. The van der Waals surface area contributed by atoms with Gasteiger partial charge in [-0.25, -0.2) is 4.79 Å². The number of pyridine rings is 1. The van der Waals surface area contributed by atoms with Crippen LogP contribution in [-0.4, -0.2) is 62.2 Å². The van der Waals surface area contributed by atoms with Crippen LogP contribution in [0.25, 0.3) is 0 Å². The van der Waals surface area contributed by atoms with E-state index in [0.717, 1.165) is 24.9 Å². The Balaban J connectivity index is 1.62. The summed E-state index contributed by atoms with van der Waals surface area (Å²) in [5.41, 5.74) is 9.87. The molecular formula is C24H34N8O3S. The molecule has 4 atom stereocenters. The topological polar surface area (TPSA) is 139 Å². The van der Waals surface area contributed by atoms with Gasteiger partial charge in [0, 0.05) is 48.8 Å². The third-order valence-electron chi connectivity index (χ3n) is 6.12. The van der Waals surface area contributed by atoms with Crippen LogP contribution in [0, 0.1) is 11.8 Å². The highest BCUT2D eigenvalue weighted by atomic mass is 32.2. The zero-order valence-corrected chi connectivity index (χ0v) is 21.7. The number of hydrazine groups is 1. The zero-order valence-electron chi connectivity index (χ0n) is 20.9. The summed E-state index contributed by atoms with van der Waals surface area (Å²) in [7, 11) is -0.858. The minimum atomic E-state index is -0.858. The number of nitrogens with two attached hydrogens (primary N) is 1. The van der Waals surface area contributed by atoms with Gasteiger partial charge in [-0.3, -0.25) is 15.2 Å². The fraction of sp³-hybridized carbons (Fsp3) is 0.500. The van der Waals surface area contributed by atoms with Crippen molar-refractivity contribution in [3.63, 3.8) is 0 Å². The monoisotopic (exact) mass is 514 g/mol. The molecule has 0 spiro atoms. The minimum Gasteiger partial charge on any atom is -0.457 e. The largest absolute Gasteiger partial charge is 0.457 e. The summed E-state index contributed by atoms with van der Waals surface area (Å²) in [6.45, 7) is 8.09. The highest BCUT2D eigenvalue weighted by Crippen LogP contribution is 2.32. The number of primary amides is 1. The van der Waals surface area contributed by atoms with Crippen LogP contribution < -0.4 is 21.4 Å². The lowest BCUT2D eigenvalue weighted by molar-refractivity contribution is -0.122. The van der Waals surface area contributed by atoms with Crippen molar-refractivity contribution >= 4 is 44.8 Å². The standard InChI is InChI=1S/C24H34N8O3S/c1-4-35-24(34)36-15-16(2)13-32(36)30-23-28-20(27-17(3)18-7-5-9-26-12-18)11-21(29-23)31-10-6-8-19(14-31)22(25)33/h5,7,9,11-12,15-17,19H,4,6,8,10,13-14H2,1-3H3,(H2,25,33)(H2,27,28,29,30). The van der Waals surface area contributed by atoms with Gasteiger partial charge in [-0.15, -0.1) is 0 Å². The molecule has 2 aliphatic rings. The molecule has 0 saturated carbocycles. The van der Waals surface area contributed by atoms with E-state index in [-0.39, 0.29) is 29.1 Å². The Morgan fingerprint density at radius 1 is 1.33 bits per heavy atom. The molecular weight excluding hydrogens is 480 g/mol. The minimum absolute atomic E-state index is 0.0525. The van der Waals surface area contributed by atoms with Crippen molar-refractivity contribution in [2.45, 2.75) is 39.7 Å². The summed E-state index contributed by atoms with van der Waals surface area (Å²) in [5.74, 6) is 1.35. The maximum absolute atomic E-state index is 12.5. The maximum Gasteiger partial charge on any atom is 0.376 e. The Bertz CT molecular complexity index is 1120. The van der Waals surface area contributed by atoms with Gasteiger partial charge < -0.3 is 20.7 Å². The molecule has 1 fully saturated rings. The predicted octanol–water partition coefficient (Wildman–Crippen LogP) is 3.17. The summed E-state index contributed by atoms with van der Waals surface area (Å²) in [6, 6.07) is 5.72. The number of nitrogens with zero attached hydrogens (tertiary/aromatic N) is 5. The van der Waals surface area contributed by atoms with Gasteiger partial charge in [-0.2, -0.15) is 14.4 Å². The quantitative estimate of drug-likeness (QED) is 0.355. The molecule has 0 radical (unpaired) electrons. The van der Waals surface area contributed by atoms with Crippen LogP contribution in [0.4, 0.5) is 22.4 Å². The lowest BCUT2D eigenvalue weighted by atomic mass is 9.97. The van der Waals surface area contributed by atoms with E-state index < -0.39 is 10.7 Å². The summed E-state index contributed by atoms with van der Waals surface area (Å²) < 4.78 is 7.10. The van der Waals surface area contributed by atoms with E-state index >= 15 is 0 Å². The third-order valence-corrected chi connectivity index (χ3v) is 8.02. The van der Waals surface area contributed by atoms with E-state index in [9.17, 15) is 9.59 Å². The Hall–Kier alpha value is -3.25. The smallest absolute Gasteiger partial charge is 0.376 e. The van der Waals surface area contributed by atoms with Crippen molar-refractivity contribution in [1.82, 2.24) is 19.4 Å². The summed E-state index contributed by atoms with van der Waals surface area (Å²) in [4.78, 5) is 40.1. The van der Waals surface area contributed by atoms with Crippen molar-refractivity contribution < 1.29 is 14.3 Å². The van der Waals surface area contributed by atoms with Crippen LogP contribution in [0.3, 0.4) is 0 Å². The summed E-state index contributed by atoms with van der Waals surface area (Å²) >= 11 is 0. The molecule has 0 aromatic carbocycles. The van der Waals surface area contributed by atoms with Crippen LogP contribution in [0.2, 0.25) is 0 Å². The number of rotatable bonds is 8.